The monoisotopic (exact) mass is 258 g/mol. The van der Waals surface area contributed by atoms with Crippen LogP contribution in [0.4, 0.5) is 0 Å². The molecule has 0 heterocycles. The summed E-state index contributed by atoms with van der Waals surface area (Å²) in [4.78, 5) is 0. The fourth-order valence-electron chi connectivity index (χ4n) is 3.63. The quantitative estimate of drug-likeness (QED) is 0.380. The second kappa shape index (κ2) is 3.96. The summed E-state index contributed by atoms with van der Waals surface area (Å²) >= 11 is 0. The van der Waals surface area contributed by atoms with Crippen molar-refractivity contribution in [3.05, 3.63) is 59.2 Å². The first kappa shape index (κ1) is 11.7. The van der Waals surface area contributed by atoms with Crippen LogP contribution >= 0.6 is 0 Å². The third-order valence-electron chi connectivity index (χ3n) is 4.73. The van der Waals surface area contributed by atoms with E-state index in [4.69, 9.17) is 0 Å². The fraction of sp³-hybridized carbons (Fsp3) is 0.200. The van der Waals surface area contributed by atoms with Crippen LogP contribution in [0.25, 0.3) is 32.3 Å². The van der Waals surface area contributed by atoms with E-state index in [2.05, 4.69) is 63.2 Å². The zero-order valence-electron chi connectivity index (χ0n) is 12.2. The molecule has 0 fully saturated rings. The van der Waals surface area contributed by atoms with Gasteiger partial charge in [-0.05, 0) is 69.3 Å². The summed E-state index contributed by atoms with van der Waals surface area (Å²) in [5.41, 5.74) is 4.29. The van der Waals surface area contributed by atoms with Crippen molar-refractivity contribution in [1.82, 2.24) is 0 Å². The lowest BCUT2D eigenvalue weighted by molar-refractivity contribution is 1.12. The van der Waals surface area contributed by atoms with Gasteiger partial charge in [-0.25, -0.2) is 0 Å². The van der Waals surface area contributed by atoms with Crippen LogP contribution in [0.15, 0.2) is 42.5 Å². The Bertz CT molecular complexity index is 945. The van der Waals surface area contributed by atoms with E-state index >= 15 is 0 Å². The van der Waals surface area contributed by atoms with Gasteiger partial charge in [-0.3, -0.25) is 0 Å². The molecule has 4 rings (SSSR count). The van der Waals surface area contributed by atoms with Crippen LogP contribution in [0.2, 0.25) is 0 Å². The smallest absolute Gasteiger partial charge is 0.00237 e. The zero-order valence-corrected chi connectivity index (χ0v) is 12.2. The molecule has 0 aliphatic carbocycles. The Morgan fingerprint density at radius 2 is 1.55 bits per heavy atom. The second-order valence-electron chi connectivity index (χ2n) is 5.82. The maximum atomic E-state index is 2.37. The molecule has 0 unspecified atom stereocenters. The van der Waals surface area contributed by atoms with Gasteiger partial charge < -0.3 is 0 Å². The highest BCUT2D eigenvalue weighted by molar-refractivity contribution is 6.24. The molecule has 0 nitrogen and oxygen atoms in total. The average molecular weight is 258 g/mol. The van der Waals surface area contributed by atoms with E-state index in [0.717, 1.165) is 6.42 Å². The molecular weight excluding hydrogens is 240 g/mol. The van der Waals surface area contributed by atoms with Crippen LogP contribution in [0.1, 0.15) is 23.6 Å². The van der Waals surface area contributed by atoms with Gasteiger partial charge in [-0.15, -0.1) is 0 Å². The van der Waals surface area contributed by atoms with Crippen molar-refractivity contribution in [2.75, 3.05) is 0 Å². The van der Waals surface area contributed by atoms with Crippen LogP contribution < -0.4 is 0 Å². The molecule has 0 heteroatoms. The predicted octanol–water partition coefficient (Wildman–Crippen LogP) is 5.76. The highest BCUT2D eigenvalue weighted by atomic mass is 14.2. The second-order valence-corrected chi connectivity index (χ2v) is 5.82. The standard InChI is InChI=1S/C20H18/c1-4-14-11-16-9-8-15-6-5-7-17-12(2)10-18(13(14)3)20(16)19(15)17/h5-11H,4H2,1-3H3. The Morgan fingerprint density at radius 1 is 0.800 bits per heavy atom. The van der Waals surface area contributed by atoms with Crippen LogP contribution in [0.5, 0.6) is 0 Å². The van der Waals surface area contributed by atoms with Crippen LogP contribution in [-0.4, -0.2) is 0 Å². The molecule has 98 valence electrons. The van der Waals surface area contributed by atoms with Gasteiger partial charge in [0, 0.05) is 0 Å². The lowest BCUT2D eigenvalue weighted by atomic mass is 9.87. The topological polar surface area (TPSA) is 0 Å². The molecule has 4 aromatic carbocycles. The van der Waals surface area contributed by atoms with Crippen molar-refractivity contribution in [2.45, 2.75) is 27.2 Å². The third kappa shape index (κ3) is 1.37. The average Bonchev–Trinajstić information content (AvgIpc) is 2.48. The molecule has 0 saturated heterocycles. The molecule has 0 aliphatic heterocycles. The first-order valence-corrected chi connectivity index (χ1v) is 7.37. The van der Waals surface area contributed by atoms with Crippen molar-refractivity contribution in [2.24, 2.45) is 0 Å². The fourth-order valence-corrected chi connectivity index (χ4v) is 3.63. The van der Waals surface area contributed by atoms with Crippen LogP contribution in [-0.2, 0) is 6.42 Å². The molecule has 0 bridgehead atoms. The summed E-state index contributed by atoms with van der Waals surface area (Å²) in [6, 6.07) is 15.9. The number of hydrogen-bond acceptors (Lipinski definition) is 0. The Kier molecular flexibility index (Phi) is 2.32. The van der Waals surface area contributed by atoms with Gasteiger partial charge >= 0.3 is 0 Å². The Labute approximate surface area is 119 Å². The van der Waals surface area contributed by atoms with Crippen LogP contribution in [0.3, 0.4) is 0 Å². The molecule has 0 aliphatic rings. The summed E-state index contributed by atoms with van der Waals surface area (Å²) in [5, 5.41) is 8.44. The first-order chi connectivity index (χ1) is 9.70. The predicted molar refractivity (Wildman–Crippen MR) is 89.0 cm³/mol. The van der Waals surface area contributed by atoms with Crippen molar-refractivity contribution >= 4 is 32.3 Å². The SMILES string of the molecule is CCc1cc2ccc3cccc4c(C)cc(c1C)c2c34. The highest BCUT2D eigenvalue weighted by Crippen LogP contribution is 2.38. The molecular formula is C20H18. The van der Waals surface area contributed by atoms with E-state index in [-0.39, 0.29) is 0 Å². The number of rotatable bonds is 1. The summed E-state index contributed by atoms with van der Waals surface area (Å²) in [6.07, 6.45) is 1.10. The van der Waals surface area contributed by atoms with E-state index in [9.17, 15) is 0 Å². The van der Waals surface area contributed by atoms with Gasteiger partial charge in [0.05, 0.1) is 0 Å². The maximum Gasteiger partial charge on any atom is -0.00237 e. The van der Waals surface area contributed by atoms with Crippen molar-refractivity contribution in [3.63, 3.8) is 0 Å². The maximum absolute atomic E-state index is 2.37. The zero-order chi connectivity index (χ0) is 13.9. The minimum atomic E-state index is 1.10. The van der Waals surface area contributed by atoms with Gasteiger partial charge in [0.1, 0.15) is 0 Å². The number of benzene rings is 4. The van der Waals surface area contributed by atoms with E-state index < -0.39 is 0 Å². The summed E-state index contributed by atoms with van der Waals surface area (Å²) in [5.74, 6) is 0. The number of aryl methyl sites for hydroxylation is 3. The van der Waals surface area contributed by atoms with Gasteiger partial charge in [0.2, 0.25) is 0 Å². The lowest BCUT2D eigenvalue weighted by Gasteiger charge is -2.16. The van der Waals surface area contributed by atoms with Gasteiger partial charge in [0.25, 0.3) is 0 Å². The minimum Gasteiger partial charge on any atom is -0.0613 e. The normalized spacial score (nSPS) is 11.9. The molecule has 20 heavy (non-hydrogen) atoms. The lowest BCUT2D eigenvalue weighted by Crippen LogP contribution is -1.93. The van der Waals surface area contributed by atoms with Gasteiger partial charge in [-0.2, -0.15) is 0 Å². The van der Waals surface area contributed by atoms with Crippen LogP contribution in [0, 0.1) is 13.8 Å². The summed E-state index contributed by atoms with van der Waals surface area (Å²) in [6.45, 7) is 6.74. The van der Waals surface area contributed by atoms with Gasteiger partial charge in [-0.1, -0.05) is 49.4 Å². The minimum absolute atomic E-state index is 1.10. The van der Waals surface area contributed by atoms with E-state index in [1.807, 2.05) is 0 Å². The summed E-state index contributed by atoms with van der Waals surface area (Å²) in [7, 11) is 0. The van der Waals surface area contributed by atoms with E-state index in [1.54, 1.807) is 0 Å². The summed E-state index contributed by atoms with van der Waals surface area (Å²) < 4.78 is 0. The largest absolute Gasteiger partial charge is 0.0613 e. The first-order valence-electron chi connectivity index (χ1n) is 7.37. The third-order valence-corrected chi connectivity index (χ3v) is 4.73. The molecule has 4 aromatic rings. The Hall–Kier alpha value is -2.08. The molecule has 0 atom stereocenters. The van der Waals surface area contributed by atoms with Crippen molar-refractivity contribution < 1.29 is 0 Å². The number of hydrogen-bond donors (Lipinski definition) is 0. The molecule has 0 N–H and O–H groups in total. The highest BCUT2D eigenvalue weighted by Gasteiger charge is 2.13. The Morgan fingerprint density at radius 3 is 2.35 bits per heavy atom. The van der Waals surface area contributed by atoms with E-state index in [0.29, 0.717) is 0 Å². The van der Waals surface area contributed by atoms with Gasteiger partial charge in [0.15, 0.2) is 0 Å². The molecule has 0 amide bonds. The molecule has 0 aromatic heterocycles. The van der Waals surface area contributed by atoms with Crippen molar-refractivity contribution in [1.29, 1.82) is 0 Å². The Balaban J connectivity index is 2.40. The molecule has 0 spiro atoms. The molecule has 0 radical (unpaired) electrons. The van der Waals surface area contributed by atoms with E-state index in [1.165, 1.54) is 49.0 Å². The molecule has 0 saturated carbocycles. The van der Waals surface area contributed by atoms with Crippen molar-refractivity contribution in [3.8, 4) is 0 Å².